The van der Waals surface area contributed by atoms with Gasteiger partial charge in [-0.25, -0.2) is 16.8 Å². The average Bonchev–Trinajstić information content (AvgIpc) is 2.60. The first kappa shape index (κ1) is 24.1. The molecule has 0 N–H and O–H groups in total. The molecular weight excluding hydrogens is 622 g/mol. The third-order valence-electron chi connectivity index (χ3n) is 4.35. The highest BCUT2D eigenvalue weighted by molar-refractivity contribution is 14.1. The van der Waals surface area contributed by atoms with E-state index in [0.717, 1.165) is 11.1 Å². The molecule has 0 bridgehead atoms. The van der Waals surface area contributed by atoms with Gasteiger partial charge in [0, 0.05) is 7.85 Å². The highest BCUT2D eigenvalue weighted by Crippen LogP contribution is 2.23. The predicted molar refractivity (Wildman–Crippen MR) is 131 cm³/mol. The molecule has 8 heteroatoms. The van der Waals surface area contributed by atoms with Crippen molar-refractivity contribution in [2.45, 2.75) is 44.3 Å². The summed E-state index contributed by atoms with van der Waals surface area (Å²) in [7, 11) is -6.67. The Morgan fingerprint density at radius 1 is 0.643 bits per heavy atom. The van der Waals surface area contributed by atoms with Gasteiger partial charge in [-0.3, -0.25) is 0 Å². The largest absolute Gasteiger partial charge is 0.224 e. The number of hydrogen-bond donors (Lipinski definition) is 0. The Bertz CT molecular complexity index is 900. The van der Waals surface area contributed by atoms with Gasteiger partial charge in [-0.1, -0.05) is 80.6 Å². The van der Waals surface area contributed by atoms with Crippen molar-refractivity contribution < 1.29 is 16.8 Å². The van der Waals surface area contributed by atoms with Gasteiger partial charge >= 0.3 is 0 Å². The Balaban J connectivity index is 1.90. The molecule has 2 unspecified atom stereocenters. The van der Waals surface area contributed by atoms with Crippen molar-refractivity contribution in [2.24, 2.45) is 0 Å². The second-order valence-electron chi connectivity index (χ2n) is 6.96. The molecule has 4 nitrogen and oxygen atoms in total. The first-order valence-electron chi connectivity index (χ1n) is 8.86. The summed E-state index contributed by atoms with van der Waals surface area (Å²) in [5.41, 5.74) is 2.04. The standard InChI is InChI=1S/C20H24I2O4S2/c1-15-3-9-19(10-4-15)27(23,24)13-17(21)7-8-18(22)14-28(25,26)20-11-5-16(2)6-12-20/h3-6,9-12,17-18H,7-8,13-14H2,1-2H3. The summed E-state index contributed by atoms with van der Waals surface area (Å²) in [6, 6.07) is 13.8. The van der Waals surface area contributed by atoms with Crippen LogP contribution < -0.4 is 0 Å². The maximum Gasteiger partial charge on any atom is 0.179 e. The van der Waals surface area contributed by atoms with Crippen LogP contribution in [0.2, 0.25) is 0 Å². The molecule has 2 aromatic rings. The maximum absolute atomic E-state index is 12.5. The number of sulfone groups is 2. The third kappa shape index (κ3) is 7.24. The summed E-state index contributed by atoms with van der Waals surface area (Å²) in [5, 5.41) is 0. The molecule has 154 valence electrons. The lowest BCUT2D eigenvalue weighted by atomic mass is 10.2. The van der Waals surface area contributed by atoms with E-state index in [1.165, 1.54) is 0 Å². The van der Waals surface area contributed by atoms with E-state index in [9.17, 15) is 16.8 Å². The van der Waals surface area contributed by atoms with Gasteiger partial charge < -0.3 is 0 Å². The predicted octanol–water partition coefficient (Wildman–Crippen LogP) is 4.94. The van der Waals surface area contributed by atoms with Gasteiger partial charge in [0.2, 0.25) is 0 Å². The van der Waals surface area contributed by atoms with Crippen LogP contribution >= 0.6 is 45.2 Å². The van der Waals surface area contributed by atoms with Crippen LogP contribution in [0.5, 0.6) is 0 Å². The molecule has 2 aromatic carbocycles. The van der Waals surface area contributed by atoms with Crippen LogP contribution in [-0.4, -0.2) is 36.2 Å². The number of halogens is 2. The molecule has 0 spiro atoms. The zero-order chi connectivity index (χ0) is 20.9. The minimum atomic E-state index is -3.33. The first-order valence-corrected chi connectivity index (χ1v) is 14.7. The van der Waals surface area contributed by atoms with Crippen molar-refractivity contribution in [1.82, 2.24) is 0 Å². The lowest BCUT2D eigenvalue weighted by molar-refractivity contribution is 0.587. The van der Waals surface area contributed by atoms with Crippen molar-refractivity contribution in [2.75, 3.05) is 11.5 Å². The van der Waals surface area contributed by atoms with E-state index in [0.29, 0.717) is 22.6 Å². The van der Waals surface area contributed by atoms with Crippen LogP contribution in [0.3, 0.4) is 0 Å². The molecule has 0 aliphatic heterocycles. The Morgan fingerprint density at radius 3 is 1.21 bits per heavy atom. The van der Waals surface area contributed by atoms with Crippen molar-refractivity contribution >= 4 is 64.9 Å². The van der Waals surface area contributed by atoms with Crippen LogP contribution in [0.15, 0.2) is 58.3 Å². The number of alkyl halides is 2. The highest BCUT2D eigenvalue weighted by Gasteiger charge is 2.23. The van der Waals surface area contributed by atoms with Gasteiger partial charge in [-0.05, 0) is 51.0 Å². The molecule has 0 amide bonds. The van der Waals surface area contributed by atoms with Crippen LogP contribution in [0.1, 0.15) is 24.0 Å². The molecule has 0 aliphatic rings. The lowest BCUT2D eigenvalue weighted by Gasteiger charge is -2.14. The average molecular weight is 646 g/mol. The molecule has 2 atom stereocenters. The Labute approximate surface area is 195 Å². The minimum absolute atomic E-state index is 0.0602. The van der Waals surface area contributed by atoms with E-state index < -0.39 is 19.7 Å². The van der Waals surface area contributed by atoms with E-state index in [1.807, 2.05) is 13.8 Å². The highest BCUT2D eigenvalue weighted by atomic mass is 127. The summed E-state index contributed by atoms with van der Waals surface area (Å²) in [6.07, 6.45) is 1.31. The van der Waals surface area contributed by atoms with Gasteiger partial charge in [0.1, 0.15) is 0 Å². The van der Waals surface area contributed by atoms with Gasteiger partial charge in [0.15, 0.2) is 19.7 Å². The Kier molecular flexibility index (Phi) is 8.78. The molecule has 2 rings (SSSR count). The number of aryl methyl sites for hydroxylation is 2. The van der Waals surface area contributed by atoms with Crippen molar-refractivity contribution in [3.05, 3.63) is 59.7 Å². The smallest absolute Gasteiger partial charge is 0.179 e. The summed E-state index contributed by atoms with van der Waals surface area (Å²) >= 11 is 4.31. The molecule has 0 aliphatic carbocycles. The third-order valence-corrected chi connectivity index (χ3v) is 11.3. The Hall–Kier alpha value is -0.200. The maximum atomic E-state index is 12.5. The zero-order valence-corrected chi connectivity index (χ0v) is 21.8. The number of benzene rings is 2. The second kappa shape index (κ2) is 10.2. The van der Waals surface area contributed by atoms with Gasteiger partial charge in [-0.15, -0.1) is 0 Å². The molecule has 0 saturated heterocycles. The van der Waals surface area contributed by atoms with Crippen molar-refractivity contribution in [3.8, 4) is 0 Å². The minimum Gasteiger partial charge on any atom is -0.224 e. The second-order valence-corrected chi connectivity index (χ2v) is 14.6. The lowest BCUT2D eigenvalue weighted by Crippen LogP contribution is -2.20. The summed E-state index contributed by atoms with van der Waals surface area (Å²) < 4.78 is 50.0. The van der Waals surface area contributed by atoms with Crippen LogP contribution in [0, 0.1) is 13.8 Å². The molecular formula is C20H24I2O4S2. The molecule has 0 aromatic heterocycles. The fourth-order valence-corrected chi connectivity index (χ4v) is 9.02. The summed E-state index contributed by atoms with van der Waals surface area (Å²) in [5.74, 6) is 0.120. The van der Waals surface area contributed by atoms with Gasteiger partial charge in [0.05, 0.1) is 21.3 Å². The number of rotatable bonds is 9. The van der Waals surface area contributed by atoms with Crippen LogP contribution in [0.4, 0.5) is 0 Å². The topological polar surface area (TPSA) is 68.3 Å². The normalized spacial score (nSPS) is 14.6. The van der Waals surface area contributed by atoms with E-state index in [4.69, 9.17) is 0 Å². The fraction of sp³-hybridized carbons (Fsp3) is 0.400. The van der Waals surface area contributed by atoms with E-state index in [2.05, 4.69) is 45.2 Å². The van der Waals surface area contributed by atoms with E-state index >= 15 is 0 Å². The molecule has 28 heavy (non-hydrogen) atoms. The van der Waals surface area contributed by atoms with Gasteiger partial charge in [-0.2, -0.15) is 0 Å². The quantitative estimate of drug-likeness (QED) is 0.286. The zero-order valence-electron chi connectivity index (χ0n) is 15.8. The van der Waals surface area contributed by atoms with E-state index in [-0.39, 0.29) is 19.4 Å². The van der Waals surface area contributed by atoms with Crippen LogP contribution in [-0.2, 0) is 19.7 Å². The molecule has 0 heterocycles. The monoisotopic (exact) mass is 646 g/mol. The van der Waals surface area contributed by atoms with Crippen molar-refractivity contribution in [1.29, 1.82) is 0 Å². The van der Waals surface area contributed by atoms with Crippen molar-refractivity contribution in [3.63, 3.8) is 0 Å². The number of hydrogen-bond acceptors (Lipinski definition) is 4. The molecule has 0 fully saturated rings. The molecule has 0 saturated carbocycles. The fourth-order valence-electron chi connectivity index (χ4n) is 2.69. The first-order chi connectivity index (χ1) is 13.0. The van der Waals surface area contributed by atoms with Gasteiger partial charge in [0.25, 0.3) is 0 Å². The summed E-state index contributed by atoms with van der Waals surface area (Å²) in [6.45, 7) is 3.84. The molecule has 0 radical (unpaired) electrons. The summed E-state index contributed by atoms with van der Waals surface area (Å²) in [4.78, 5) is 0.681. The van der Waals surface area contributed by atoms with E-state index in [1.54, 1.807) is 48.5 Å². The van der Waals surface area contributed by atoms with Crippen LogP contribution in [0.25, 0.3) is 0 Å². The Morgan fingerprint density at radius 2 is 0.929 bits per heavy atom. The SMILES string of the molecule is Cc1ccc(S(=O)(=O)CC(I)CCC(I)CS(=O)(=O)c2ccc(C)cc2)cc1.